The Morgan fingerprint density at radius 2 is 1.85 bits per heavy atom. The van der Waals surface area contributed by atoms with Crippen molar-refractivity contribution in [3.8, 4) is 11.5 Å². The minimum absolute atomic E-state index is 0.146. The Balaban J connectivity index is 1.64. The lowest BCUT2D eigenvalue weighted by molar-refractivity contribution is -0.117. The number of halogens is 1. The number of carbonyl (C=O) groups is 2. The topological polar surface area (TPSA) is 67.9 Å². The van der Waals surface area contributed by atoms with Crippen LogP contribution in [0.4, 0.5) is 11.4 Å². The maximum atomic E-state index is 12.3. The highest BCUT2D eigenvalue weighted by atomic mass is 35.5. The van der Waals surface area contributed by atoms with Gasteiger partial charge in [-0.1, -0.05) is 17.7 Å². The minimum atomic E-state index is -0.197. The van der Waals surface area contributed by atoms with E-state index in [1.54, 1.807) is 35.2 Å². The smallest absolute Gasteiger partial charge is 0.226 e. The van der Waals surface area contributed by atoms with Gasteiger partial charge in [-0.25, -0.2) is 0 Å². The zero-order chi connectivity index (χ0) is 19.4. The zero-order valence-electron chi connectivity index (χ0n) is 15.3. The van der Waals surface area contributed by atoms with Gasteiger partial charge in [0.25, 0.3) is 0 Å². The molecule has 142 valence electrons. The largest absolute Gasteiger partial charge is 0.486 e. The third kappa shape index (κ3) is 4.71. The Morgan fingerprint density at radius 3 is 2.59 bits per heavy atom. The highest BCUT2D eigenvalue weighted by molar-refractivity contribution is 6.31. The van der Waals surface area contributed by atoms with Crippen molar-refractivity contribution in [2.45, 2.75) is 20.3 Å². The average Bonchev–Trinajstić information content (AvgIpc) is 2.64. The molecule has 1 N–H and O–H groups in total. The maximum Gasteiger partial charge on any atom is 0.226 e. The molecule has 0 aliphatic carbocycles. The molecule has 0 radical (unpaired) electrons. The number of hydrogen-bond donors (Lipinski definition) is 1. The summed E-state index contributed by atoms with van der Waals surface area (Å²) in [6, 6.07) is 10.6. The molecule has 0 bridgehead atoms. The van der Waals surface area contributed by atoms with E-state index in [1.165, 1.54) is 6.92 Å². The van der Waals surface area contributed by atoms with Crippen LogP contribution >= 0.6 is 11.6 Å². The number of benzene rings is 2. The van der Waals surface area contributed by atoms with Crippen LogP contribution in [0.15, 0.2) is 36.4 Å². The van der Waals surface area contributed by atoms with Crippen molar-refractivity contribution >= 4 is 34.8 Å². The van der Waals surface area contributed by atoms with Crippen LogP contribution in [-0.4, -0.2) is 31.6 Å². The molecule has 0 atom stereocenters. The Morgan fingerprint density at radius 1 is 1.11 bits per heavy atom. The van der Waals surface area contributed by atoms with Gasteiger partial charge in [0.15, 0.2) is 11.5 Å². The molecule has 0 saturated carbocycles. The van der Waals surface area contributed by atoms with Gasteiger partial charge in [-0.05, 0) is 36.8 Å². The molecule has 0 saturated heterocycles. The second kappa shape index (κ2) is 8.31. The molecule has 0 aromatic heterocycles. The summed E-state index contributed by atoms with van der Waals surface area (Å²) in [5.41, 5.74) is 2.25. The summed E-state index contributed by atoms with van der Waals surface area (Å²) in [6.45, 7) is 4.63. The molecule has 2 amide bonds. The molecule has 7 heteroatoms. The number of nitrogens with one attached hydrogen (secondary N) is 1. The highest BCUT2D eigenvalue weighted by Gasteiger charge is 2.17. The van der Waals surface area contributed by atoms with E-state index in [2.05, 4.69) is 5.32 Å². The van der Waals surface area contributed by atoms with Crippen molar-refractivity contribution in [1.29, 1.82) is 0 Å². The van der Waals surface area contributed by atoms with E-state index in [0.29, 0.717) is 41.1 Å². The lowest BCUT2D eigenvalue weighted by Gasteiger charge is -2.23. The van der Waals surface area contributed by atoms with Crippen molar-refractivity contribution in [3.05, 3.63) is 47.0 Å². The number of fused-ring (bicyclic) bond motifs is 1. The average molecular weight is 389 g/mol. The summed E-state index contributed by atoms with van der Waals surface area (Å²) in [7, 11) is 0. The van der Waals surface area contributed by atoms with Gasteiger partial charge in [0.1, 0.15) is 13.2 Å². The van der Waals surface area contributed by atoms with Gasteiger partial charge in [0.05, 0.1) is 0 Å². The van der Waals surface area contributed by atoms with Crippen molar-refractivity contribution < 1.29 is 19.1 Å². The van der Waals surface area contributed by atoms with E-state index in [1.807, 2.05) is 13.0 Å². The Kier molecular flexibility index (Phi) is 5.86. The normalized spacial score (nSPS) is 12.4. The SMILES string of the molecule is CC(=O)N(CCC(=O)Nc1ccc2c(c1)OCCO2)c1cc(Cl)ccc1C. The number of carbonyl (C=O) groups excluding carboxylic acids is 2. The minimum Gasteiger partial charge on any atom is -0.486 e. The number of nitrogens with zero attached hydrogens (tertiary/aromatic N) is 1. The fourth-order valence-electron chi connectivity index (χ4n) is 2.88. The van der Waals surface area contributed by atoms with Gasteiger partial charge >= 0.3 is 0 Å². The van der Waals surface area contributed by atoms with E-state index in [-0.39, 0.29) is 24.8 Å². The first-order chi connectivity index (χ1) is 12.9. The van der Waals surface area contributed by atoms with E-state index >= 15 is 0 Å². The lowest BCUT2D eigenvalue weighted by Crippen LogP contribution is -2.32. The summed E-state index contributed by atoms with van der Waals surface area (Å²) >= 11 is 6.05. The van der Waals surface area contributed by atoms with Gasteiger partial charge in [-0.2, -0.15) is 0 Å². The molecular formula is C20H21ClN2O4. The molecule has 0 unspecified atom stereocenters. The van der Waals surface area contributed by atoms with Crippen molar-refractivity contribution in [1.82, 2.24) is 0 Å². The monoisotopic (exact) mass is 388 g/mol. The number of rotatable bonds is 5. The quantitative estimate of drug-likeness (QED) is 0.845. The first-order valence-electron chi connectivity index (χ1n) is 8.68. The summed E-state index contributed by atoms with van der Waals surface area (Å²) in [5, 5.41) is 3.37. The molecular weight excluding hydrogens is 368 g/mol. The summed E-state index contributed by atoms with van der Waals surface area (Å²) in [4.78, 5) is 26.0. The van der Waals surface area contributed by atoms with Crippen LogP contribution in [-0.2, 0) is 9.59 Å². The Labute approximate surface area is 163 Å². The predicted molar refractivity (Wildman–Crippen MR) is 105 cm³/mol. The number of ether oxygens (including phenoxy) is 2. The molecule has 1 aliphatic heterocycles. The second-order valence-corrected chi connectivity index (χ2v) is 6.69. The van der Waals surface area contributed by atoms with Crippen LogP contribution in [0.5, 0.6) is 11.5 Å². The molecule has 1 heterocycles. The van der Waals surface area contributed by atoms with Crippen molar-refractivity contribution in [3.63, 3.8) is 0 Å². The Hall–Kier alpha value is -2.73. The summed E-state index contributed by atoms with van der Waals surface area (Å²) < 4.78 is 11.0. The molecule has 27 heavy (non-hydrogen) atoms. The van der Waals surface area contributed by atoms with Gasteiger partial charge in [-0.15, -0.1) is 0 Å². The second-order valence-electron chi connectivity index (χ2n) is 6.26. The highest BCUT2D eigenvalue weighted by Crippen LogP contribution is 2.32. The van der Waals surface area contributed by atoms with Crippen LogP contribution in [0.1, 0.15) is 18.9 Å². The van der Waals surface area contributed by atoms with Crippen molar-refractivity contribution in [2.24, 2.45) is 0 Å². The van der Waals surface area contributed by atoms with E-state index < -0.39 is 0 Å². The summed E-state index contributed by atoms with van der Waals surface area (Å²) in [6.07, 6.45) is 0.153. The molecule has 2 aromatic carbocycles. The molecule has 2 aromatic rings. The number of aryl methyl sites for hydroxylation is 1. The van der Waals surface area contributed by atoms with Gasteiger partial charge in [0, 0.05) is 42.4 Å². The number of hydrogen-bond acceptors (Lipinski definition) is 4. The van der Waals surface area contributed by atoms with Gasteiger partial charge in [-0.3, -0.25) is 9.59 Å². The molecule has 0 spiro atoms. The zero-order valence-corrected chi connectivity index (χ0v) is 16.0. The van der Waals surface area contributed by atoms with Crippen LogP contribution < -0.4 is 19.7 Å². The molecule has 0 fully saturated rings. The van der Waals surface area contributed by atoms with Crippen LogP contribution in [0.2, 0.25) is 5.02 Å². The van der Waals surface area contributed by atoms with Crippen LogP contribution in [0, 0.1) is 6.92 Å². The predicted octanol–water partition coefficient (Wildman–Crippen LogP) is 3.80. The number of anilines is 2. The third-order valence-electron chi connectivity index (χ3n) is 4.23. The van der Waals surface area contributed by atoms with E-state index in [9.17, 15) is 9.59 Å². The summed E-state index contributed by atoms with van der Waals surface area (Å²) in [5.74, 6) is 0.933. The van der Waals surface area contributed by atoms with Gasteiger partial charge < -0.3 is 19.7 Å². The van der Waals surface area contributed by atoms with Crippen LogP contribution in [0.25, 0.3) is 0 Å². The molecule has 3 rings (SSSR count). The standard InChI is InChI=1S/C20H21ClN2O4/c1-13-3-4-15(21)11-17(13)23(14(2)24)8-7-20(25)22-16-5-6-18-19(12-16)27-10-9-26-18/h3-6,11-12H,7-10H2,1-2H3,(H,22,25). The molecule has 1 aliphatic rings. The molecule has 6 nitrogen and oxygen atoms in total. The number of amides is 2. The maximum absolute atomic E-state index is 12.3. The van der Waals surface area contributed by atoms with E-state index in [0.717, 1.165) is 5.56 Å². The van der Waals surface area contributed by atoms with Crippen molar-refractivity contribution in [2.75, 3.05) is 30.0 Å². The first-order valence-corrected chi connectivity index (χ1v) is 9.05. The van der Waals surface area contributed by atoms with Gasteiger partial charge in [0.2, 0.25) is 11.8 Å². The van der Waals surface area contributed by atoms with Crippen LogP contribution in [0.3, 0.4) is 0 Å². The fourth-order valence-corrected chi connectivity index (χ4v) is 3.05. The van der Waals surface area contributed by atoms with E-state index in [4.69, 9.17) is 21.1 Å². The third-order valence-corrected chi connectivity index (χ3v) is 4.47. The fraction of sp³-hybridized carbons (Fsp3) is 0.300. The Bertz CT molecular complexity index is 869. The first kappa shape index (κ1) is 19.0. The lowest BCUT2D eigenvalue weighted by atomic mass is 10.1.